The normalized spacial score (nSPS) is 24.7. The SMILES string of the molecule is [Al][CH]1CCCCCCCCC1.[HH].[HH]. The van der Waals surface area contributed by atoms with Crippen molar-refractivity contribution in [1.82, 2.24) is 0 Å². The molecule has 0 aromatic carbocycles. The first-order chi connectivity index (χ1) is 5.39. The Kier molecular flexibility index (Phi) is 5.33. The Balaban J connectivity index is 0. The van der Waals surface area contributed by atoms with Crippen molar-refractivity contribution in [1.29, 1.82) is 0 Å². The van der Waals surface area contributed by atoms with Gasteiger partial charge in [0.05, 0.1) is 0 Å². The molecule has 1 aliphatic carbocycles. The zero-order valence-corrected chi connectivity index (χ0v) is 8.67. The highest BCUT2D eigenvalue weighted by Crippen LogP contribution is 2.22. The van der Waals surface area contributed by atoms with Crippen molar-refractivity contribution in [3.63, 3.8) is 0 Å². The van der Waals surface area contributed by atoms with Crippen LogP contribution in [0.3, 0.4) is 0 Å². The molecular weight excluding hydrogens is 147 g/mol. The molecule has 0 amide bonds. The van der Waals surface area contributed by atoms with Gasteiger partial charge < -0.3 is 0 Å². The Hall–Kier alpha value is 0.532. The van der Waals surface area contributed by atoms with Gasteiger partial charge in [0.15, 0.2) is 0 Å². The monoisotopic (exact) mass is 170 g/mol. The molecule has 0 bridgehead atoms. The maximum atomic E-state index is 3.00. The van der Waals surface area contributed by atoms with E-state index in [4.69, 9.17) is 0 Å². The number of rotatable bonds is 0. The minimum Gasteiger partial charge on any atom is -0.107 e. The van der Waals surface area contributed by atoms with Gasteiger partial charge in [-0.3, -0.25) is 0 Å². The summed E-state index contributed by atoms with van der Waals surface area (Å²) in [7, 11) is 0. The molecule has 1 fully saturated rings. The predicted molar refractivity (Wildman–Crippen MR) is 55.3 cm³/mol. The summed E-state index contributed by atoms with van der Waals surface area (Å²) < 4.78 is 0.924. The lowest BCUT2D eigenvalue weighted by molar-refractivity contribution is 0.504. The van der Waals surface area contributed by atoms with Gasteiger partial charge in [-0.1, -0.05) is 57.8 Å². The van der Waals surface area contributed by atoms with Crippen LogP contribution in [0.25, 0.3) is 0 Å². The lowest BCUT2D eigenvalue weighted by Gasteiger charge is -2.13. The van der Waals surface area contributed by atoms with E-state index in [0.717, 1.165) is 4.78 Å². The molecule has 0 heterocycles. The highest BCUT2D eigenvalue weighted by molar-refractivity contribution is 6.11. The first-order valence-corrected chi connectivity index (χ1v) is 5.82. The average Bonchev–Trinajstić information content (AvgIpc) is 2.03. The smallest absolute Gasteiger partial charge is 0.107 e. The van der Waals surface area contributed by atoms with Crippen LogP contribution in [-0.4, -0.2) is 16.3 Å². The van der Waals surface area contributed by atoms with Crippen LogP contribution < -0.4 is 0 Å². The fraction of sp³-hybridized carbons (Fsp3) is 1.00. The molecule has 2 radical (unpaired) electrons. The Labute approximate surface area is 82.1 Å². The predicted octanol–water partition coefficient (Wildman–Crippen LogP) is 3.96. The number of hydrogen-bond donors (Lipinski definition) is 0. The lowest BCUT2D eigenvalue weighted by Crippen LogP contribution is -1.95. The minimum absolute atomic E-state index is 0. The van der Waals surface area contributed by atoms with Gasteiger partial charge in [0.2, 0.25) is 0 Å². The van der Waals surface area contributed by atoms with Gasteiger partial charge in [0, 0.05) is 2.85 Å². The van der Waals surface area contributed by atoms with Crippen LogP contribution in [0.5, 0.6) is 0 Å². The van der Waals surface area contributed by atoms with Crippen LogP contribution >= 0.6 is 0 Å². The molecule has 1 saturated carbocycles. The van der Waals surface area contributed by atoms with Gasteiger partial charge in [-0.15, -0.1) is 4.78 Å². The van der Waals surface area contributed by atoms with Crippen molar-refractivity contribution in [2.75, 3.05) is 0 Å². The molecule has 0 unspecified atom stereocenters. The first-order valence-electron chi connectivity index (χ1n) is 5.15. The third-order valence-electron chi connectivity index (χ3n) is 2.65. The summed E-state index contributed by atoms with van der Waals surface area (Å²) in [6.45, 7) is 0. The van der Waals surface area contributed by atoms with E-state index in [2.05, 4.69) is 16.3 Å². The fourth-order valence-electron chi connectivity index (χ4n) is 1.84. The molecular formula is C10H23Al. The number of hydrogen-bond acceptors (Lipinski definition) is 0. The molecule has 1 rings (SSSR count). The van der Waals surface area contributed by atoms with Crippen LogP contribution in [0.15, 0.2) is 0 Å². The van der Waals surface area contributed by atoms with E-state index in [-0.39, 0.29) is 2.85 Å². The second kappa shape index (κ2) is 6.09. The van der Waals surface area contributed by atoms with Crippen LogP contribution in [0.2, 0.25) is 4.78 Å². The van der Waals surface area contributed by atoms with Crippen molar-refractivity contribution in [3.05, 3.63) is 0 Å². The second-order valence-corrected chi connectivity index (χ2v) is 4.76. The van der Waals surface area contributed by atoms with E-state index in [1.54, 1.807) is 0 Å². The molecule has 66 valence electrons. The van der Waals surface area contributed by atoms with Crippen LogP contribution in [0, 0.1) is 0 Å². The van der Waals surface area contributed by atoms with E-state index in [0.29, 0.717) is 0 Å². The highest BCUT2D eigenvalue weighted by Gasteiger charge is 2.02. The van der Waals surface area contributed by atoms with Gasteiger partial charge in [-0.2, -0.15) is 0 Å². The zero-order valence-electron chi connectivity index (χ0n) is 7.52. The van der Waals surface area contributed by atoms with Crippen LogP contribution in [0.4, 0.5) is 0 Å². The standard InChI is InChI=1S/C10H19.Al.2H2/c1-2-4-6-8-10-9-7-5-3-1;;;/h1H,2-10H2;;2*1H. The quantitative estimate of drug-likeness (QED) is 0.483. The van der Waals surface area contributed by atoms with Gasteiger partial charge >= 0.3 is 0 Å². The summed E-state index contributed by atoms with van der Waals surface area (Å²) in [6.07, 6.45) is 13.2. The summed E-state index contributed by atoms with van der Waals surface area (Å²) in [4.78, 5) is 0. The van der Waals surface area contributed by atoms with Crippen molar-refractivity contribution in [3.8, 4) is 0 Å². The molecule has 0 aromatic heterocycles. The summed E-state index contributed by atoms with van der Waals surface area (Å²) in [6, 6.07) is 0. The van der Waals surface area contributed by atoms with Gasteiger partial charge in [-0.25, -0.2) is 0 Å². The van der Waals surface area contributed by atoms with Crippen molar-refractivity contribution < 1.29 is 2.85 Å². The maximum absolute atomic E-state index is 3.00. The Morgan fingerprint density at radius 3 is 1.55 bits per heavy atom. The summed E-state index contributed by atoms with van der Waals surface area (Å²) in [5, 5.41) is 0. The van der Waals surface area contributed by atoms with Crippen molar-refractivity contribution >= 4 is 16.3 Å². The van der Waals surface area contributed by atoms with Gasteiger partial charge in [0.25, 0.3) is 0 Å². The average molecular weight is 170 g/mol. The molecule has 0 spiro atoms. The molecule has 0 atom stereocenters. The maximum Gasteiger partial charge on any atom is 0.123 e. The van der Waals surface area contributed by atoms with E-state index in [1.165, 1.54) is 57.8 Å². The molecule has 0 saturated heterocycles. The lowest BCUT2D eigenvalue weighted by atomic mass is 10.0. The minimum atomic E-state index is 0. The molecule has 0 nitrogen and oxygen atoms in total. The molecule has 11 heavy (non-hydrogen) atoms. The highest BCUT2D eigenvalue weighted by atomic mass is 27.0. The molecule has 0 N–H and O–H groups in total. The first kappa shape index (κ1) is 9.62. The van der Waals surface area contributed by atoms with Crippen molar-refractivity contribution in [2.45, 2.75) is 62.6 Å². The molecule has 0 aliphatic heterocycles. The van der Waals surface area contributed by atoms with E-state index in [9.17, 15) is 0 Å². The Bertz CT molecular complexity index is 88.9. The van der Waals surface area contributed by atoms with Crippen molar-refractivity contribution in [2.24, 2.45) is 0 Å². The largest absolute Gasteiger partial charge is 0.123 e. The van der Waals surface area contributed by atoms with E-state index >= 15 is 0 Å². The molecule has 0 aromatic rings. The van der Waals surface area contributed by atoms with Crippen LogP contribution in [-0.2, 0) is 0 Å². The Morgan fingerprint density at radius 1 is 0.727 bits per heavy atom. The molecule has 1 aliphatic rings. The van der Waals surface area contributed by atoms with Gasteiger partial charge in [0.1, 0.15) is 16.3 Å². The van der Waals surface area contributed by atoms with Crippen LogP contribution in [0.1, 0.15) is 60.6 Å². The Morgan fingerprint density at radius 2 is 1.09 bits per heavy atom. The topological polar surface area (TPSA) is 0 Å². The third-order valence-corrected chi connectivity index (χ3v) is 3.32. The zero-order chi connectivity index (χ0) is 7.94. The second-order valence-electron chi connectivity index (χ2n) is 3.81. The summed E-state index contributed by atoms with van der Waals surface area (Å²) in [5.74, 6) is 0. The van der Waals surface area contributed by atoms with E-state index in [1.807, 2.05) is 0 Å². The summed E-state index contributed by atoms with van der Waals surface area (Å²) in [5.41, 5.74) is 0. The third kappa shape index (κ3) is 4.88. The van der Waals surface area contributed by atoms with E-state index < -0.39 is 0 Å². The molecule has 1 heteroatoms. The summed E-state index contributed by atoms with van der Waals surface area (Å²) >= 11 is 3.00. The van der Waals surface area contributed by atoms with Gasteiger partial charge in [-0.05, 0) is 0 Å². The fourth-order valence-corrected chi connectivity index (χ4v) is 2.31.